The molecule has 0 aromatic carbocycles. The van der Waals surface area contributed by atoms with E-state index in [0.29, 0.717) is 11.7 Å². The van der Waals surface area contributed by atoms with Crippen LogP contribution in [-0.4, -0.2) is 41.1 Å². The number of nitrogens with one attached hydrogen (secondary N) is 1. The molecule has 0 aliphatic carbocycles. The van der Waals surface area contributed by atoms with Gasteiger partial charge in [-0.15, -0.1) is 0 Å². The molecule has 1 aromatic rings. The minimum Gasteiger partial charge on any atom is -0.364 e. The molecule has 94 valence electrons. The average Bonchev–Trinajstić information content (AvgIpc) is 2.91. The van der Waals surface area contributed by atoms with Gasteiger partial charge in [-0.05, 0) is 12.8 Å². The van der Waals surface area contributed by atoms with Crippen molar-refractivity contribution in [2.75, 3.05) is 13.1 Å². The van der Waals surface area contributed by atoms with Crippen molar-refractivity contribution in [3.63, 3.8) is 0 Å². The Hall–Kier alpha value is -1.36. The van der Waals surface area contributed by atoms with E-state index in [0.717, 1.165) is 25.9 Å². The summed E-state index contributed by atoms with van der Waals surface area (Å²) in [6, 6.07) is 2.26. The Morgan fingerprint density at radius 1 is 1.59 bits per heavy atom. The zero-order chi connectivity index (χ0) is 12.3. The van der Waals surface area contributed by atoms with Gasteiger partial charge in [0.1, 0.15) is 6.26 Å². The first-order chi connectivity index (χ1) is 8.26. The smallest absolute Gasteiger partial charge is 0.276 e. The first-order valence-electron chi connectivity index (χ1n) is 6.21. The maximum Gasteiger partial charge on any atom is 0.276 e. The molecular formula is C12H19N3O2. The highest BCUT2D eigenvalue weighted by Crippen LogP contribution is 2.15. The van der Waals surface area contributed by atoms with E-state index in [-0.39, 0.29) is 11.9 Å². The van der Waals surface area contributed by atoms with Gasteiger partial charge < -0.3 is 14.7 Å². The molecule has 0 bridgehead atoms. The Kier molecular flexibility index (Phi) is 3.78. The molecule has 2 heterocycles. The van der Waals surface area contributed by atoms with E-state index < -0.39 is 0 Å². The number of amides is 1. The summed E-state index contributed by atoms with van der Waals surface area (Å²) in [6.07, 6.45) is 3.42. The van der Waals surface area contributed by atoms with E-state index in [1.54, 1.807) is 6.07 Å². The maximum atomic E-state index is 12.3. The quantitative estimate of drug-likeness (QED) is 0.860. The summed E-state index contributed by atoms with van der Waals surface area (Å²) in [5, 5.41) is 7.19. The standard InChI is InChI=1S/C12H19N3O2/c1-3-9-8-15(10(4-2)7-13-9)12(16)11-5-6-17-14-11/h5-6,9-10,13H,3-4,7-8H2,1-2H3. The van der Waals surface area contributed by atoms with Gasteiger partial charge in [0.05, 0.1) is 0 Å². The maximum absolute atomic E-state index is 12.3. The highest BCUT2D eigenvalue weighted by Gasteiger charge is 2.31. The fraction of sp³-hybridized carbons (Fsp3) is 0.667. The van der Waals surface area contributed by atoms with Crippen LogP contribution in [0.4, 0.5) is 0 Å². The fourth-order valence-corrected chi connectivity index (χ4v) is 2.22. The van der Waals surface area contributed by atoms with Crippen LogP contribution in [-0.2, 0) is 0 Å². The normalized spacial score (nSPS) is 24.9. The Balaban J connectivity index is 2.12. The summed E-state index contributed by atoms with van der Waals surface area (Å²) in [6.45, 7) is 5.84. The van der Waals surface area contributed by atoms with Crippen LogP contribution in [0.2, 0.25) is 0 Å². The largest absolute Gasteiger partial charge is 0.364 e. The Morgan fingerprint density at radius 2 is 2.41 bits per heavy atom. The van der Waals surface area contributed by atoms with Gasteiger partial charge in [-0.1, -0.05) is 19.0 Å². The number of aromatic nitrogens is 1. The fourth-order valence-electron chi connectivity index (χ4n) is 2.22. The van der Waals surface area contributed by atoms with Crippen LogP contribution in [0.1, 0.15) is 37.2 Å². The van der Waals surface area contributed by atoms with Crippen LogP contribution in [0.25, 0.3) is 0 Å². The lowest BCUT2D eigenvalue weighted by Crippen LogP contribution is -2.57. The Morgan fingerprint density at radius 3 is 3.00 bits per heavy atom. The number of hydrogen-bond acceptors (Lipinski definition) is 4. The second kappa shape index (κ2) is 5.31. The molecule has 1 aromatic heterocycles. The van der Waals surface area contributed by atoms with Crippen LogP contribution >= 0.6 is 0 Å². The van der Waals surface area contributed by atoms with E-state index in [9.17, 15) is 4.79 Å². The van der Waals surface area contributed by atoms with Crippen LogP contribution in [0.5, 0.6) is 0 Å². The van der Waals surface area contributed by atoms with Gasteiger partial charge >= 0.3 is 0 Å². The first kappa shape index (κ1) is 12.1. The lowest BCUT2D eigenvalue weighted by molar-refractivity contribution is 0.0565. The minimum atomic E-state index is -0.0226. The summed E-state index contributed by atoms with van der Waals surface area (Å²) in [5.41, 5.74) is 0.403. The van der Waals surface area contributed by atoms with Crippen LogP contribution in [0.3, 0.4) is 0 Å². The van der Waals surface area contributed by atoms with Crippen molar-refractivity contribution in [3.05, 3.63) is 18.0 Å². The van der Waals surface area contributed by atoms with Crippen molar-refractivity contribution in [1.29, 1.82) is 0 Å². The monoisotopic (exact) mass is 237 g/mol. The minimum absolute atomic E-state index is 0.0226. The molecule has 0 spiro atoms. The van der Waals surface area contributed by atoms with Gasteiger partial charge in [0.15, 0.2) is 5.69 Å². The topological polar surface area (TPSA) is 58.4 Å². The van der Waals surface area contributed by atoms with E-state index in [1.807, 2.05) is 4.90 Å². The summed E-state index contributed by atoms with van der Waals surface area (Å²) in [7, 11) is 0. The van der Waals surface area contributed by atoms with Gasteiger partial charge in [0.2, 0.25) is 0 Å². The van der Waals surface area contributed by atoms with E-state index in [2.05, 4.69) is 24.3 Å². The molecule has 1 aliphatic rings. The molecule has 1 N–H and O–H groups in total. The third-order valence-corrected chi connectivity index (χ3v) is 3.38. The molecule has 1 saturated heterocycles. The van der Waals surface area contributed by atoms with Crippen LogP contribution in [0, 0.1) is 0 Å². The molecule has 1 amide bonds. The lowest BCUT2D eigenvalue weighted by atomic mass is 10.0. The van der Waals surface area contributed by atoms with Gasteiger partial charge in [-0.3, -0.25) is 4.79 Å². The molecule has 2 rings (SSSR count). The Labute approximate surface area is 101 Å². The van der Waals surface area contributed by atoms with Crippen LogP contribution in [0.15, 0.2) is 16.9 Å². The number of piperazine rings is 1. The predicted octanol–water partition coefficient (Wildman–Crippen LogP) is 1.28. The number of carbonyl (C=O) groups excluding carboxylic acids is 1. The second-order valence-electron chi connectivity index (χ2n) is 4.42. The molecule has 0 radical (unpaired) electrons. The first-order valence-corrected chi connectivity index (χ1v) is 6.21. The van der Waals surface area contributed by atoms with Crippen molar-refractivity contribution in [2.24, 2.45) is 0 Å². The zero-order valence-electron chi connectivity index (χ0n) is 10.3. The number of hydrogen-bond donors (Lipinski definition) is 1. The van der Waals surface area contributed by atoms with Gasteiger partial charge in [-0.25, -0.2) is 0 Å². The molecule has 2 unspecified atom stereocenters. The Bertz CT molecular complexity index is 364. The van der Waals surface area contributed by atoms with Crippen LogP contribution < -0.4 is 5.32 Å². The molecule has 1 aliphatic heterocycles. The molecule has 0 saturated carbocycles. The SMILES string of the molecule is CCC1CN(C(=O)c2ccon2)C(CC)CN1. The average molecular weight is 237 g/mol. The molecule has 1 fully saturated rings. The highest BCUT2D eigenvalue weighted by atomic mass is 16.5. The number of rotatable bonds is 3. The van der Waals surface area contributed by atoms with Crippen molar-refractivity contribution >= 4 is 5.91 Å². The number of nitrogens with zero attached hydrogens (tertiary/aromatic N) is 2. The summed E-state index contributed by atoms with van der Waals surface area (Å²) < 4.78 is 4.74. The van der Waals surface area contributed by atoms with Crippen molar-refractivity contribution in [2.45, 2.75) is 38.8 Å². The third-order valence-electron chi connectivity index (χ3n) is 3.38. The van der Waals surface area contributed by atoms with Gasteiger partial charge in [0.25, 0.3) is 5.91 Å². The molecule has 5 heteroatoms. The summed E-state index contributed by atoms with van der Waals surface area (Å²) in [4.78, 5) is 14.2. The molecule has 17 heavy (non-hydrogen) atoms. The van der Waals surface area contributed by atoms with E-state index in [1.165, 1.54) is 6.26 Å². The van der Waals surface area contributed by atoms with E-state index in [4.69, 9.17) is 4.52 Å². The van der Waals surface area contributed by atoms with Crippen molar-refractivity contribution in [3.8, 4) is 0 Å². The highest BCUT2D eigenvalue weighted by molar-refractivity contribution is 5.92. The van der Waals surface area contributed by atoms with E-state index >= 15 is 0 Å². The predicted molar refractivity (Wildman–Crippen MR) is 63.7 cm³/mol. The van der Waals surface area contributed by atoms with Crippen molar-refractivity contribution < 1.29 is 9.32 Å². The molecule has 5 nitrogen and oxygen atoms in total. The zero-order valence-corrected chi connectivity index (χ0v) is 10.3. The second-order valence-corrected chi connectivity index (χ2v) is 4.42. The third kappa shape index (κ3) is 2.49. The summed E-state index contributed by atoms with van der Waals surface area (Å²) >= 11 is 0. The van der Waals surface area contributed by atoms with Gasteiger partial charge in [0, 0.05) is 31.2 Å². The lowest BCUT2D eigenvalue weighted by Gasteiger charge is -2.39. The molecule has 2 atom stereocenters. The van der Waals surface area contributed by atoms with Gasteiger partial charge in [-0.2, -0.15) is 0 Å². The van der Waals surface area contributed by atoms with Crippen molar-refractivity contribution in [1.82, 2.24) is 15.4 Å². The molecular weight excluding hydrogens is 218 g/mol. The summed E-state index contributed by atoms with van der Waals surface area (Å²) in [5.74, 6) is -0.0226. The number of carbonyl (C=O) groups is 1.